The average Bonchev–Trinajstić information content (AvgIpc) is 2.08. The van der Waals surface area contributed by atoms with Gasteiger partial charge < -0.3 is 10.7 Å². The van der Waals surface area contributed by atoms with Crippen molar-refractivity contribution in [1.82, 2.24) is 15.0 Å². The third kappa shape index (κ3) is 1.40. The summed E-state index contributed by atoms with van der Waals surface area (Å²) >= 11 is 3.24. The number of hydrogen-bond donors (Lipinski definition) is 2. The molecule has 0 saturated heterocycles. The molecule has 0 aliphatic carbocycles. The van der Waals surface area contributed by atoms with E-state index in [1.807, 2.05) is 0 Å². The van der Waals surface area contributed by atoms with Crippen LogP contribution < -0.4 is 11.3 Å². The van der Waals surface area contributed by atoms with Gasteiger partial charge in [-0.05, 0) is 22.0 Å². The molecule has 0 aliphatic heterocycles. The van der Waals surface area contributed by atoms with Crippen LogP contribution in [0.4, 0.5) is 5.82 Å². The van der Waals surface area contributed by atoms with Crippen molar-refractivity contribution in [2.45, 2.75) is 0 Å². The van der Waals surface area contributed by atoms with Crippen LogP contribution in [-0.4, -0.2) is 15.0 Å². The summed E-state index contributed by atoms with van der Waals surface area (Å²) in [5.41, 5.74) is 5.92. The third-order valence-electron chi connectivity index (χ3n) is 1.54. The van der Waals surface area contributed by atoms with E-state index in [9.17, 15) is 4.79 Å². The van der Waals surface area contributed by atoms with Gasteiger partial charge >= 0.3 is 0 Å². The number of rotatable bonds is 0. The fourth-order valence-electron chi connectivity index (χ4n) is 0.962. The number of nitrogen functional groups attached to an aromatic ring is 1. The molecule has 2 rings (SSSR count). The van der Waals surface area contributed by atoms with Crippen LogP contribution in [-0.2, 0) is 0 Å². The Bertz CT molecular complexity index is 521. The molecule has 2 heterocycles. The molecule has 66 valence electrons. The van der Waals surface area contributed by atoms with Gasteiger partial charge in [-0.15, -0.1) is 0 Å². The summed E-state index contributed by atoms with van der Waals surface area (Å²) in [4.78, 5) is 21.4. The normalized spacial score (nSPS) is 10.5. The summed E-state index contributed by atoms with van der Waals surface area (Å²) in [6.45, 7) is 0. The maximum absolute atomic E-state index is 11.0. The van der Waals surface area contributed by atoms with E-state index < -0.39 is 5.56 Å². The van der Waals surface area contributed by atoms with Gasteiger partial charge in [0, 0.05) is 10.7 Å². The SMILES string of the molecule is Nc1nc2cc(Br)cnc2[nH]c1=O. The van der Waals surface area contributed by atoms with Crippen LogP contribution in [0.5, 0.6) is 0 Å². The maximum atomic E-state index is 11.0. The Morgan fingerprint density at radius 3 is 3.08 bits per heavy atom. The zero-order valence-electron chi connectivity index (χ0n) is 6.41. The predicted octanol–water partition coefficient (Wildman–Crippen LogP) is 0.663. The molecular formula is C7H5BrN4O. The molecule has 0 bridgehead atoms. The van der Waals surface area contributed by atoms with Crippen LogP contribution in [0, 0.1) is 0 Å². The molecule has 13 heavy (non-hydrogen) atoms. The highest BCUT2D eigenvalue weighted by Crippen LogP contribution is 2.12. The minimum Gasteiger partial charge on any atom is -0.379 e. The van der Waals surface area contributed by atoms with Crippen LogP contribution in [0.1, 0.15) is 0 Å². The number of halogens is 1. The number of anilines is 1. The van der Waals surface area contributed by atoms with E-state index in [2.05, 4.69) is 30.9 Å². The largest absolute Gasteiger partial charge is 0.379 e. The first-order valence-electron chi connectivity index (χ1n) is 3.48. The Labute approximate surface area is 81.1 Å². The second-order valence-electron chi connectivity index (χ2n) is 2.47. The molecule has 0 aliphatic rings. The highest BCUT2D eigenvalue weighted by Gasteiger charge is 2.01. The van der Waals surface area contributed by atoms with Crippen molar-refractivity contribution in [3.63, 3.8) is 0 Å². The lowest BCUT2D eigenvalue weighted by molar-refractivity contribution is 1.17. The van der Waals surface area contributed by atoms with Gasteiger partial charge in [-0.1, -0.05) is 0 Å². The highest BCUT2D eigenvalue weighted by molar-refractivity contribution is 9.10. The van der Waals surface area contributed by atoms with E-state index in [-0.39, 0.29) is 5.82 Å². The van der Waals surface area contributed by atoms with Crippen molar-refractivity contribution in [3.05, 3.63) is 27.1 Å². The van der Waals surface area contributed by atoms with Gasteiger partial charge in [0.1, 0.15) is 5.52 Å². The Morgan fingerprint density at radius 1 is 1.54 bits per heavy atom. The minimum absolute atomic E-state index is 0.0487. The Morgan fingerprint density at radius 2 is 2.31 bits per heavy atom. The lowest BCUT2D eigenvalue weighted by Crippen LogP contribution is -2.14. The van der Waals surface area contributed by atoms with Crippen molar-refractivity contribution in [2.75, 3.05) is 5.73 Å². The number of pyridine rings is 1. The van der Waals surface area contributed by atoms with Crippen molar-refractivity contribution >= 4 is 32.9 Å². The number of H-pyrrole nitrogens is 1. The summed E-state index contributed by atoms with van der Waals surface area (Å²) < 4.78 is 0.791. The monoisotopic (exact) mass is 240 g/mol. The number of nitrogens with one attached hydrogen (secondary N) is 1. The van der Waals surface area contributed by atoms with E-state index in [4.69, 9.17) is 5.73 Å². The molecule has 2 aromatic rings. The lowest BCUT2D eigenvalue weighted by Gasteiger charge is -1.97. The average molecular weight is 241 g/mol. The van der Waals surface area contributed by atoms with Crippen LogP contribution in [0.3, 0.4) is 0 Å². The van der Waals surface area contributed by atoms with E-state index in [0.717, 1.165) is 4.47 Å². The maximum Gasteiger partial charge on any atom is 0.292 e. The molecule has 3 N–H and O–H groups in total. The lowest BCUT2D eigenvalue weighted by atomic mass is 10.4. The minimum atomic E-state index is -0.415. The second-order valence-corrected chi connectivity index (χ2v) is 3.39. The first-order valence-corrected chi connectivity index (χ1v) is 4.27. The Kier molecular flexibility index (Phi) is 1.77. The van der Waals surface area contributed by atoms with Crippen molar-refractivity contribution < 1.29 is 0 Å². The van der Waals surface area contributed by atoms with Gasteiger partial charge in [-0.2, -0.15) is 0 Å². The fourth-order valence-corrected chi connectivity index (χ4v) is 1.28. The Balaban J connectivity index is 2.89. The quantitative estimate of drug-likeness (QED) is 0.709. The molecule has 0 unspecified atom stereocenters. The molecule has 0 aromatic carbocycles. The molecule has 0 atom stereocenters. The van der Waals surface area contributed by atoms with Gasteiger partial charge in [0.15, 0.2) is 11.5 Å². The van der Waals surface area contributed by atoms with Gasteiger partial charge in [-0.25, -0.2) is 9.97 Å². The van der Waals surface area contributed by atoms with E-state index in [0.29, 0.717) is 11.2 Å². The van der Waals surface area contributed by atoms with Crippen LogP contribution in [0.25, 0.3) is 11.2 Å². The topological polar surface area (TPSA) is 84.7 Å². The number of nitrogens with zero attached hydrogens (tertiary/aromatic N) is 2. The van der Waals surface area contributed by atoms with Crippen molar-refractivity contribution in [1.29, 1.82) is 0 Å². The molecule has 6 heteroatoms. The summed E-state index contributed by atoms with van der Waals surface area (Å²) in [6.07, 6.45) is 1.58. The molecule has 0 spiro atoms. The standard InChI is InChI=1S/C7H5BrN4O/c8-3-1-4-6(10-2-3)12-7(13)5(9)11-4/h1-2H,(H2,9,11)(H,10,12,13). The van der Waals surface area contributed by atoms with Gasteiger partial charge in [0.05, 0.1) is 0 Å². The number of nitrogens with two attached hydrogens (primary N) is 1. The number of aromatic nitrogens is 3. The third-order valence-corrected chi connectivity index (χ3v) is 1.97. The molecule has 0 saturated carbocycles. The van der Waals surface area contributed by atoms with Crippen molar-refractivity contribution in [3.8, 4) is 0 Å². The van der Waals surface area contributed by atoms with Crippen molar-refractivity contribution in [2.24, 2.45) is 0 Å². The Hall–Kier alpha value is -1.43. The van der Waals surface area contributed by atoms with E-state index >= 15 is 0 Å². The number of hydrogen-bond acceptors (Lipinski definition) is 4. The van der Waals surface area contributed by atoms with Gasteiger partial charge in [0.25, 0.3) is 5.56 Å². The number of fused-ring (bicyclic) bond motifs is 1. The smallest absolute Gasteiger partial charge is 0.292 e. The first-order chi connectivity index (χ1) is 6.16. The summed E-state index contributed by atoms with van der Waals surface area (Å²) in [6, 6.07) is 1.73. The molecule has 0 fully saturated rings. The second kappa shape index (κ2) is 2.81. The molecule has 5 nitrogen and oxygen atoms in total. The summed E-state index contributed by atoms with van der Waals surface area (Å²) in [5.74, 6) is -0.0487. The molecular weight excluding hydrogens is 236 g/mol. The van der Waals surface area contributed by atoms with Gasteiger partial charge in [0.2, 0.25) is 0 Å². The number of aromatic amines is 1. The van der Waals surface area contributed by atoms with E-state index in [1.54, 1.807) is 12.3 Å². The summed E-state index contributed by atoms with van der Waals surface area (Å²) in [5, 5.41) is 0. The predicted molar refractivity (Wildman–Crippen MR) is 52.3 cm³/mol. The van der Waals surface area contributed by atoms with Crippen LogP contribution in [0.2, 0.25) is 0 Å². The zero-order valence-corrected chi connectivity index (χ0v) is 8.00. The van der Waals surface area contributed by atoms with Crippen LogP contribution in [0.15, 0.2) is 21.5 Å². The first kappa shape index (κ1) is 8.18. The fraction of sp³-hybridized carbons (Fsp3) is 0. The van der Waals surface area contributed by atoms with Gasteiger partial charge in [-0.3, -0.25) is 4.79 Å². The highest BCUT2D eigenvalue weighted by atomic mass is 79.9. The zero-order chi connectivity index (χ0) is 9.42. The summed E-state index contributed by atoms with van der Waals surface area (Å²) in [7, 11) is 0. The van der Waals surface area contributed by atoms with E-state index in [1.165, 1.54) is 0 Å². The van der Waals surface area contributed by atoms with Crippen LogP contribution >= 0.6 is 15.9 Å². The molecule has 0 radical (unpaired) electrons. The molecule has 0 amide bonds. The molecule has 2 aromatic heterocycles.